The summed E-state index contributed by atoms with van der Waals surface area (Å²) in [6.45, 7) is 0. The van der Waals surface area contributed by atoms with Crippen LogP contribution in [0.25, 0.3) is 0 Å². The van der Waals surface area contributed by atoms with Crippen LogP contribution < -0.4 is 10.5 Å². The van der Waals surface area contributed by atoms with Gasteiger partial charge in [-0.05, 0) is 18.2 Å². The van der Waals surface area contributed by atoms with Gasteiger partial charge in [-0.1, -0.05) is 6.07 Å². The van der Waals surface area contributed by atoms with Gasteiger partial charge in [0.05, 0.1) is 0 Å². The summed E-state index contributed by atoms with van der Waals surface area (Å²) in [6.07, 6.45) is 1.30. The van der Waals surface area contributed by atoms with Crippen LogP contribution in [0.1, 0.15) is 5.69 Å². The topological polar surface area (TPSA) is 84.9 Å². The maximum absolute atomic E-state index is 13.3. The number of rotatable bonds is 3. The number of nitrogens with one attached hydrogen (secondary N) is 1. The zero-order chi connectivity index (χ0) is 13.1. The predicted molar refractivity (Wildman–Crippen MR) is 59.5 cm³/mol. The lowest BCUT2D eigenvalue weighted by Gasteiger charge is -2.05. The van der Waals surface area contributed by atoms with Gasteiger partial charge in [0.25, 0.3) is 0 Å². The van der Waals surface area contributed by atoms with Gasteiger partial charge < -0.3 is 10.5 Å². The van der Waals surface area contributed by atoms with E-state index in [0.717, 1.165) is 6.07 Å². The summed E-state index contributed by atoms with van der Waals surface area (Å²) in [4.78, 5) is 7.48. The van der Waals surface area contributed by atoms with E-state index >= 15 is 0 Å². The monoisotopic (exact) mass is 250 g/mol. The van der Waals surface area contributed by atoms with Crippen molar-refractivity contribution in [2.75, 3.05) is 0 Å². The number of benzene rings is 1. The third-order valence-corrected chi connectivity index (χ3v) is 2.03. The molecule has 0 aliphatic rings. The van der Waals surface area contributed by atoms with Gasteiger partial charge in [-0.25, -0.2) is 9.37 Å². The Morgan fingerprint density at radius 3 is 2.78 bits per heavy atom. The lowest BCUT2D eigenvalue weighted by Crippen LogP contribution is -2.13. The maximum atomic E-state index is 13.3. The van der Waals surface area contributed by atoms with Crippen molar-refractivity contribution in [3.8, 4) is 11.8 Å². The first-order valence-electron chi connectivity index (χ1n) is 4.87. The summed E-state index contributed by atoms with van der Waals surface area (Å²) < 4.78 is 31.3. The molecule has 0 unspecified atom stereocenters. The smallest absolute Gasteiger partial charge is 0.322 e. The Morgan fingerprint density at radius 2 is 2.06 bits per heavy atom. The number of halogens is 2. The Bertz CT molecular complexity index is 603. The molecule has 1 aromatic carbocycles. The summed E-state index contributed by atoms with van der Waals surface area (Å²) >= 11 is 0. The SMILES string of the molecule is N=C(N)c1ccnc(Oc2cccc(F)c2F)n1. The van der Waals surface area contributed by atoms with Crippen molar-refractivity contribution in [3.05, 3.63) is 47.8 Å². The van der Waals surface area contributed by atoms with Crippen LogP contribution in [-0.4, -0.2) is 15.8 Å². The van der Waals surface area contributed by atoms with Crippen LogP contribution in [-0.2, 0) is 0 Å². The molecule has 3 N–H and O–H groups in total. The molecule has 0 atom stereocenters. The highest BCUT2D eigenvalue weighted by atomic mass is 19.2. The molecule has 92 valence electrons. The number of nitrogen functional groups attached to an aromatic ring is 1. The molecule has 7 heteroatoms. The molecule has 0 aliphatic heterocycles. The van der Waals surface area contributed by atoms with Crippen molar-refractivity contribution in [1.29, 1.82) is 5.41 Å². The number of aromatic nitrogens is 2. The molecular weight excluding hydrogens is 242 g/mol. The van der Waals surface area contributed by atoms with E-state index in [1.165, 1.54) is 24.4 Å². The molecule has 0 saturated carbocycles. The first-order chi connectivity index (χ1) is 8.58. The van der Waals surface area contributed by atoms with Crippen LogP contribution in [0.2, 0.25) is 0 Å². The largest absolute Gasteiger partial charge is 0.421 e. The van der Waals surface area contributed by atoms with Gasteiger partial charge in [0, 0.05) is 6.20 Å². The first kappa shape index (κ1) is 11.9. The van der Waals surface area contributed by atoms with E-state index in [0.29, 0.717) is 0 Å². The van der Waals surface area contributed by atoms with E-state index < -0.39 is 11.6 Å². The van der Waals surface area contributed by atoms with Crippen LogP contribution in [0.15, 0.2) is 30.5 Å². The van der Waals surface area contributed by atoms with Crippen molar-refractivity contribution in [2.24, 2.45) is 5.73 Å². The molecule has 1 heterocycles. The zero-order valence-corrected chi connectivity index (χ0v) is 9.02. The summed E-state index contributed by atoms with van der Waals surface area (Å²) in [5, 5.41) is 7.19. The van der Waals surface area contributed by atoms with Crippen molar-refractivity contribution in [1.82, 2.24) is 9.97 Å². The van der Waals surface area contributed by atoms with Crippen molar-refractivity contribution < 1.29 is 13.5 Å². The van der Waals surface area contributed by atoms with Crippen LogP contribution in [0.5, 0.6) is 11.8 Å². The fourth-order valence-corrected chi connectivity index (χ4v) is 1.20. The Balaban J connectivity index is 2.31. The minimum atomic E-state index is -1.13. The number of amidine groups is 1. The number of nitrogens with two attached hydrogens (primary N) is 1. The molecule has 0 fully saturated rings. The van der Waals surface area contributed by atoms with Crippen molar-refractivity contribution in [3.63, 3.8) is 0 Å². The highest BCUT2D eigenvalue weighted by Crippen LogP contribution is 2.23. The molecule has 0 bridgehead atoms. The highest BCUT2D eigenvalue weighted by molar-refractivity contribution is 5.92. The van der Waals surface area contributed by atoms with Crippen LogP contribution in [0.3, 0.4) is 0 Å². The average Bonchev–Trinajstić information content (AvgIpc) is 2.35. The van der Waals surface area contributed by atoms with E-state index in [1.54, 1.807) is 0 Å². The average molecular weight is 250 g/mol. The lowest BCUT2D eigenvalue weighted by atomic mass is 10.3. The van der Waals surface area contributed by atoms with Crippen LogP contribution in [0.4, 0.5) is 8.78 Å². The predicted octanol–water partition coefficient (Wildman–Crippen LogP) is 1.83. The number of nitrogens with zero attached hydrogens (tertiary/aromatic N) is 2. The van der Waals surface area contributed by atoms with Gasteiger partial charge in [0.15, 0.2) is 11.6 Å². The third kappa shape index (κ3) is 2.40. The molecule has 0 amide bonds. The summed E-state index contributed by atoms with van der Waals surface area (Å²) in [5.41, 5.74) is 5.37. The number of hydrogen-bond acceptors (Lipinski definition) is 4. The zero-order valence-electron chi connectivity index (χ0n) is 9.02. The standard InChI is InChI=1S/C11H8F2N4O/c12-6-2-1-3-8(9(6)13)18-11-16-5-4-7(17-11)10(14)15/h1-5H,(H3,14,15). The summed E-state index contributed by atoms with van der Waals surface area (Å²) in [5.74, 6) is -2.78. The van der Waals surface area contributed by atoms with Gasteiger partial charge in [0.2, 0.25) is 5.82 Å². The van der Waals surface area contributed by atoms with Crippen molar-refractivity contribution >= 4 is 5.84 Å². The van der Waals surface area contributed by atoms with E-state index in [4.69, 9.17) is 15.9 Å². The van der Waals surface area contributed by atoms with Gasteiger partial charge in [-0.2, -0.15) is 9.37 Å². The number of hydrogen-bond donors (Lipinski definition) is 2. The Kier molecular flexibility index (Phi) is 3.13. The van der Waals surface area contributed by atoms with Gasteiger partial charge in [-0.3, -0.25) is 5.41 Å². The summed E-state index contributed by atoms with van der Waals surface area (Å²) in [7, 11) is 0. The molecule has 1 aromatic heterocycles. The van der Waals surface area contributed by atoms with Crippen molar-refractivity contribution in [2.45, 2.75) is 0 Å². The Hall–Kier alpha value is -2.57. The van der Waals surface area contributed by atoms with Crippen LogP contribution >= 0.6 is 0 Å². The van der Waals surface area contributed by atoms with Gasteiger partial charge in [0.1, 0.15) is 11.5 Å². The van der Waals surface area contributed by atoms with Gasteiger partial charge in [-0.15, -0.1) is 0 Å². The molecule has 0 aliphatic carbocycles. The lowest BCUT2D eigenvalue weighted by molar-refractivity contribution is 0.392. The normalized spacial score (nSPS) is 10.1. The fourth-order valence-electron chi connectivity index (χ4n) is 1.20. The second kappa shape index (κ2) is 4.74. The minimum absolute atomic E-state index is 0.136. The fraction of sp³-hybridized carbons (Fsp3) is 0. The van der Waals surface area contributed by atoms with E-state index in [-0.39, 0.29) is 23.3 Å². The van der Waals surface area contributed by atoms with E-state index in [9.17, 15) is 8.78 Å². The second-order valence-corrected chi connectivity index (χ2v) is 3.29. The molecule has 0 spiro atoms. The summed E-state index contributed by atoms with van der Waals surface area (Å²) in [6, 6.07) is 4.68. The molecule has 2 aromatic rings. The third-order valence-electron chi connectivity index (χ3n) is 2.03. The molecule has 0 radical (unpaired) electrons. The molecule has 2 rings (SSSR count). The minimum Gasteiger partial charge on any atom is -0.421 e. The van der Waals surface area contributed by atoms with Gasteiger partial charge >= 0.3 is 6.01 Å². The molecule has 18 heavy (non-hydrogen) atoms. The molecule has 5 nitrogen and oxygen atoms in total. The Morgan fingerprint density at radius 1 is 1.28 bits per heavy atom. The number of ether oxygens (including phenoxy) is 1. The Labute approximate surface area is 101 Å². The molecular formula is C11H8F2N4O. The first-order valence-corrected chi connectivity index (χ1v) is 4.87. The maximum Gasteiger partial charge on any atom is 0.322 e. The van der Waals surface area contributed by atoms with E-state index in [2.05, 4.69) is 9.97 Å². The van der Waals surface area contributed by atoms with E-state index in [1.807, 2.05) is 0 Å². The second-order valence-electron chi connectivity index (χ2n) is 3.29. The highest BCUT2D eigenvalue weighted by Gasteiger charge is 2.11. The quantitative estimate of drug-likeness (QED) is 0.642. The molecule has 0 saturated heterocycles. The van der Waals surface area contributed by atoms with Crippen LogP contribution in [0, 0.1) is 17.0 Å².